The van der Waals surface area contributed by atoms with Gasteiger partial charge in [0.05, 0.1) is 12.2 Å². The molecule has 2 N–H and O–H groups in total. The van der Waals surface area contributed by atoms with E-state index < -0.39 is 11.5 Å². The zero-order valence-corrected chi connectivity index (χ0v) is 12.1. The van der Waals surface area contributed by atoms with Crippen molar-refractivity contribution in [1.82, 2.24) is 0 Å². The molecular formula is C15H23NO3. The van der Waals surface area contributed by atoms with Crippen LogP contribution in [0.25, 0.3) is 0 Å². The smallest absolute Gasteiger partial charge is 0.330 e. The van der Waals surface area contributed by atoms with Gasteiger partial charge in [0.15, 0.2) is 0 Å². The summed E-state index contributed by atoms with van der Waals surface area (Å²) in [6.07, 6.45) is 0.625. The van der Waals surface area contributed by atoms with E-state index in [1.54, 1.807) is 14.0 Å². The zero-order chi connectivity index (χ0) is 14.5. The Hall–Kier alpha value is -1.39. The maximum atomic E-state index is 12.1. The average molecular weight is 265 g/mol. The lowest BCUT2D eigenvalue weighted by molar-refractivity contribution is -0.151. The minimum absolute atomic E-state index is 0.291. The molecule has 19 heavy (non-hydrogen) atoms. The molecule has 0 saturated heterocycles. The first-order chi connectivity index (χ1) is 8.79. The van der Waals surface area contributed by atoms with Crippen molar-refractivity contribution >= 4 is 5.97 Å². The van der Waals surface area contributed by atoms with Crippen LogP contribution in [0.1, 0.15) is 32.8 Å². The lowest BCUT2D eigenvalue weighted by Crippen LogP contribution is -2.43. The fourth-order valence-electron chi connectivity index (χ4n) is 1.54. The van der Waals surface area contributed by atoms with Crippen molar-refractivity contribution in [3.8, 4) is 0 Å². The van der Waals surface area contributed by atoms with E-state index >= 15 is 0 Å². The van der Waals surface area contributed by atoms with Crippen LogP contribution in [0.4, 0.5) is 0 Å². The molecule has 0 aliphatic carbocycles. The Morgan fingerprint density at radius 3 is 2.32 bits per heavy atom. The molecule has 1 rings (SSSR count). The summed E-state index contributed by atoms with van der Waals surface area (Å²) in [6.45, 7) is 5.84. The van der Waals surface area contributed by atoms with Crippen LogP contribution in [0.5, 0.6) is 0 Å². The summed E-state index contributed by atoms with van der Waals surface area (Å²) in [6, 6.07) is 9.22. The van der Waals surface area contributed by atoms with Crippen molar-refractivity contribution in [2.75, 3.05) is 13.7 Å². The second-order valence-electron chi connectivity index (χ2n) is 5.42. The number of carbonyl (C=O) groups is 1. The fraction of sp³-hybridized carbons (Fsp3) is 0.533. The number of hydrogen-bond donors (Lipinski definition) is 1. The van der Waals surface area contributed by atoms with Gasteiger partial charge in [-0.25, -0.2) is 4.79 Å². The van der Waals surface area contributed by atoms with Gasteiger partial charge in [-0.2, -0.15) is 0 Å². The van der Waals surface area contributed by atoms with Crippen LogP contribution < -0.4 is 5.73 Å². The molecule has 1 aromatic carbocycles. The molecule has 4 heteroatoms. The van der Waals surface area contributed by atoms with E-state index in [2.05, 4.69) is 0 Å². The molecule has 0 fully saturated rings. The molecule has 0 radical (unpaired) electrons. The Balaban J connectivity index is 2.58. The van der Waals surface area contributed by atoms with Crippen LogP contribution >= 0.6 is 0 Å². The highest BCUT2D eigenvalue weighted by atomic mass is 16.5. The van der Waals surface area contributed by atoms with E-state index in [0.717, 1.165) is 5.56 Å². The van der Waals surface area contributed by atoms with Crippen molar-refractivity contribution in [3.05, 3.63) is 35.9 Å². The molecule has 0 saturated carbocycles. The van der Waals surface area contributed by atoms with Crippen LogP contribution in [-0.4, -0.2) is 25.3 Å². The number of methoxy groups -OCH3 is 1. The fourth-order valence-corrected chi connectivity index (χ4v) is 1.54. The number of esters is 1. The minimum Gasteiger partial charge on any atom is -0.464 e. The Labute approximate surface area is 114 Å². The molecule has 0 aromatic heterocycles. The van der Waals surface area contributed by atoms with Crippen LogP contribution in [0.2, 0.25) is 0 Å². The molecule has 0 spiro atoms. The molecule has 0 heterocycles. The van der Waals surface area contributed by atoms with Gasteiger partial charge < -0.3 is 15.2 Å². The minimum atomic E-state index is -1.13. The molecule has 106 valence electrons. The Kier molecular flexibility index (Phi) is 5.09. The van der Waals surface area contributed by atoms with E-state index in [4.69, 9.17) is 15.2 Å². The van der Waals surface area contributed by atoms with E-state index in [1.165, 1.54) is 0 Å². The molecule has 1 atom stereocenters. The third-order valence-corrected chi connectivity index (χ3v) is 3.29. The standard InChI is InChI=1S/C15H23NO3/c1-14(2,18-4)10-11-19-13(17)15(3,16)12-8-6-5-7-9-12/h5-9H,10-11,16H2,1-4H3. The summed E-state index contributed by atoms with van der Waals surface area (Å²) in [5.74, 6) is -0.425. The first kappa shape index (κ1) is 15.7. The van der Waals surface area contributed by atoms with Crippen LogP contribution in [0.3, 0.4) is 0 Å². The average Bonchev–Trinajstić information content (AvgIpc) is 2.39. The SMILES string of the molecule is COC(C)(C)CCOC(=O)C(C)(N)c1ccccc1. The van der Waals surface area contributed by atoms with E-state index in [-0.39, 0.29) is 5.60 Å². The van der Waals surface area contributed by atoms with E-state index in [0.29, 0.717) is 13.0 Å². The second kappa shape index (κ2) is 6.17. The maximum Gasteiger partial charge on any atom is 0.330 e. The summed E-state index contributed by atoms with van der Waals surface area (Å²) in [4.78, 5) is 12.1. The number of nitrogens with two attached hydrogens (primary N) is 1. The van der Waals surface area contributed by atoms with Crippen molar-refractivity contribution in [3.63, 3.8) is 0 Å². The van der Waals surface area contributed by atoms with Crippen LogP contribution in [0, 0.1) is 0 Å². The number of benzene rings is 1. The predicted octanol–water partition coefficient (Wildman–Crippen LogP) is 2.22. The molecular weight excluding hydrogens is 242 g/mol. The summed E-state index contributed by atoms with van der Waals surface area (Å²) in [5.41, 5.74) is 5.37. The van der Waals surface area contributed by atoms with Gasteiger partial charge in [0, 0.05) is 13.5 Å². The lowest BCUT2D eigenvalue weighted by atomic mass is 9.93. The van der Waals surface area contributed by atoms with Gasteiger partial charge in [-0.15, -0.1) is 0 Å². The number of hydrogen-bond acceptors (Lipinski definition) is 4. The normalized spacial score (nSPS) is 14.8. The molecule has 0 amide bonds. The molecule has 4 nitrogen and oxygen atoms in total. The Morgan fingerprint density at radius 2 is 1.79 bits per heavy atom. The van der Waals surface area contributed by atoms with E-state index in [1.807, 2.05) is 44.2 Å². The highest BCUT2D eigenvalue weighted by Crippen LogP contribution is 2.20. The Morgan fingerprint density at radius 1 is 1.21 bits per heavy atom. The Bertz CT molecular complexity index is 413. The summed E-state index contributed by atoms with van der Waals surface area (Å²) >= 11 is 0. The summed E-state index contributed by atoms with van der Waals surface area (Å²) in [7, 11) is 1.64. The summed E-state index contributed by atoms with van der Waals surface area (Å²) in [5, 5.41) is 0. The quantitative estimate of drug-likeness (QED) is 0.801. The van der Waals surface area contributed by atoms with E-state index in [9.17, 15) is 4.79 Å². The molecule has 0 bridgehead atoms. The lowest BCUT2D eigenvalue weighted by Gasteiger charge is -2.26. The number of rotatable bonds is 6. The van der Waals surface area contributed by atoms with Gasteiger partial charge in [0.2, 0.25) is 0 Å². The van der Waals surface area contributed by atoms with Gasteiger partial charge in [0.25, 0.3) is 0 Å². The van der Waals surface area contributed by atoms with Gasteiger partial charge in [0.1, 0.15) is 5.54 Å². The van der Waals surface area contributed by atoms with Crippen molar-refractivity contribution in [2.45, 2.75) is 38.3 Å². The summed E-state index contributed by atoms with van der Waals surface area (Å²) < 4.78 is 10.5. The van der Waals surface area contributed by atoms with Crippen molar-refractivity contribution in [1.29, 1.82) is 0 Å². The topological polar surface area (TPSA) is 61.5 Å². The maximum absolute atomic E-state index is 12.1. The van der Waals surface area contributed by atoms with Gasteiger partial charge >= 0.3 is 5.97 Å². The van der Waals surface area contributed by atoms with Gasteiger partial charge in [-0.3, -0.25) is 0 Å². The van der Waals surface area contributed by atoms with Crippen LogP contribution in [-0.2, 0) is 19.8 Å². The third kappa shape index (κ3) is 4.33. The molecule has 0 aliphatic rings. The van der Waals surface area contributed by atoms with Crippen LogP contribution in [0.15, 0.2) is 30.3 Å². The molecule has 0 aliphatic heterocycles. The number of carbonyl (C=O) groups excluding carboxylic acids is 1. The molecule has 1 unspecified atom stereocenters. The first-order valence-electron chi connectivity index (χ1n) is 6.36. The number of ether oxygens (including phenoxy) is 2. The highest BCUT2D eigenvalue weighted by Gasteiger charge is 2.32. The van der Waals surface area contributed by atoms with Gasteiger partial charge in [-0.05, 0) is 26.3 Å². The predicted molar refractivity (Wildman–Crippen MR) is 74.6 cm³/mol. The monoisotopic (exact) mass is 265 g/mol. The van der Waals surface area contributed by atoms with Crippen molar-refractivity contribution in [2.24, 2.45) is 5.73 Å². The second-order valence-corrected chi connectivity index (χ2v) is 5.42. The third-order valence-electron chi connectivity index (χ3n) is 3.29. The molecule has 1 aromatic rings. The van der Waals surface area contributed by atoms with Crippen molar-refractivity contribution < 1.29 is 14.3 Å². The highest BCUT2D eigenvalue weighted by molar-refractivity contribution is 5.81. The first-order valence-corrected chi connectivity index (χ1v) is 6.36. The zero-order valence-electron chi connectivity index (χ0n) is 12.1. The largest absolute Gasteiger partial charge is 0.464 e. The van der Waals surface area contributed by atoms with Gasteiger partial charge in [-0.1, -0.05) is 30.3 Å².